The lowest BCUT2D eigenvalue weighted by Gasteiger charge is -2.33. The van der Waals surface area contributed by atoms with Gasteiger partial charge >= 0.3 is 0 Å². The number of amides is 2. The second-order valence-corrected chi connectivity index (χ2v) is 9.26. The highest BCUT2D eigenvalue weighted by atomic mass is 16.2. The minimum Gasteiger partial charge on any atom is -0.342 e. The molecule has 0 atom stereocenters. The number of carbonyl (C=O) groups is 2. The predicted octanol–water partition coefficient (Wildman–Crippen LogP) is 3.87. The van der Waals surface area contributed by atoms with Crippen molar-refractivity contribution in [3.8, 4) is 0 Å². The fourth-order valence-electron chi connectivity index (χ4n) is 5.14. The van der Waals surface area contributed by atoms with Gasteiger partial charge < -0.3 is 9.80 Å². The number of hydrogen-bond acceptors (Lipinski definition) is 3. The van der Waals surface area contributed by atoms with Gasteiger partial charge in [0, 0.05) is 32.1 Å². The van der Waals surface area contributed by atoms with Crippen LogP contribution in [0.5, 0.6) is 0 Å². The highest BCUT2D eigenvalue weighted by Crippen LogP contribution is 2.30. The van der Waals surface area contributed by atoms with E-state index in [2.05, 4.69) is 34.5 Å². The third kappa shape index (κ3) is 4.56. The van der Waals surface area contributed by atoms with Crippen LogP contribution in [0, 0.1) is 6.92 Å². The van der Waals surface area contributed by atoms with Gasteiger partial charge in [-0.3, -0.25) is 14.7 Å². The van der Waals surface area contributed by atoms with Crippen molar-refractivity contribution in [1.82, 2.24) is 20.0 Å². The molecular weight excluding hydrogens is 412 g/mol. The summed E-state index contributed by atoms with van der Waals surface area (Å²) < 4.78 is 0. The number of nitrogens with one attached hydrogen (secondary N) is 1. The van der Waals surface area contributed by atoms with Crippen LogP contribution in [0.15, 0.2) is 54.7 Å². The van der Waals surface area contributed by atoms with Crippen LogP contribution in [0.4, 0.5) is 0 Å². The first-order valence-corrected chi connectivity index (χ1v) is 11.8. The van der Waals surface area contributed by atoms with Crippen LogP contribution in [0.3, 0.4) is 0 Å². The number of carbonyl (C=O) groups excluding carboxylic acids is 2. The fraction of sp³-hybridized carbons (Fsp3) is 0.370. The predicted molar refractivity (Wildman–Crippen MR) is 127 cm³/mol. The van der Waals surface area contributed by atoms with Crippen molar-refractivity contribution in [3.63, 3.8) is 0 Å². The van der Waals surface area contributed by atoms with Crippen LogP contribution in [-0.2, 0) is 24.2 Å². The van der Waals surface area contributed by atoms with Crippen molar-refractivity contribution < 1.29 is 9.59 Å². The van der Waals surface area contributed by atoms with E-state index in [1.54, 1.807) is 6.20 Å². The van der Waals surface area contributed by atoms with E-state index in [4.69, 9.17) is 0 Å². The standard InChI is InChI=1S/C27H30N4O2/c1-19-5-4-6-20(15-19)16-25(32)30-12-10-22(11-13-30)26-24(17-28-29-26)27(33)31-14-9-21-7-2-3-8-23(21)18-31/h2-8,15,17,22H,9-14,16,18H2,1H3,(H,28,29). The second kappa shape index (κ2) is 9.22. The number of aryl methyl sites for hydroxylation is 1. The molecule has 3 aromatic rings. The summed E-state index contributed by atoms with van der Waals surface area (Å²) in [5.74, 6) is 0.435. The Morgan fingerprint density at radius 1 is 1.00 bits per heavy atom. The molecule has 2 aromatic carbocycles. The Bertz CT molecular complexity index is 1160. The van der Waals surface area contributed by atoms with Crippen LogP contribution in [0.1, 0.15) is 57.1 Å². The lowest BCUT2D eigenvalue weighted by molar-refractivity contribution is -0.131. The summed E-state index contributed by atoms with van der Waals surface area (Å²) >= 11 is 0. The molecule has 5 rings (SSSR count). The maximum atomic E-state index is 13.3. The van der Waals surface area contributed by atoms with Crippen molar-refractivity contribution in [1.29, 1.82) is 0 Å². The average Bonchev–Trinajstić information content (AvgIpc) is 3.33. The molecule has 0 aliphatic carbocycles. The molecule has 0 bridgehead atoms. The van der Waals surface area contributed by atoms with Crippen LogP contribution in [-0.4, -0.2) is 51.4 Å². The molecular formula is C27H30N4O2. The van der Waals surface area contributed by atoms with Crippen LogP contribution >= 0.6 is 0 Å². The number of H-pyrrole nitrogens is 1. The zero-order valence-electron chi connectivity index (χ0n) is 19.1. The fourth-order valence-corrected chi connectivity index (χ4v) is 5.14. The molecule has 0 unspecified atom stereocenters. The van der Waals surface area contributed by atoms with Gasteiger partial charge in [0.05, 0.1) is 23.9 Å². The van der Waals surface area contributed by atoms with Gasteiger partial charge in [-0.2, -0.15) is 5.10 Å². The lowest BCUT2D eigenvalue weighted by Crippen LogP contribution is -2.39. The molecule has 0 radical (unpaired) electrons. The molecule has 6 nitrogen and oxygen atoms in total. The molecule has 0 saturated carbocycles. The van der Waals surface area contributed by atoms with Crippen LogP contribution in [0.2, 0.25) is 0 Å². The summed E-state index contributed by atoms with van der Waals surface area (Å²) in [6, 6.07) is 16.5. The number of rotatable bonds is 4. The van der Waals surface area contributed by atoms with E-state index in [-0.39, 0.29) is 17.7 Å². The first kappa shape index (κ1) is 21.4. The smallest absolute Gasteiger partial charge is 0.257 e. The van der Waals surface area contributed by atoms with Gasteiger partial charge in [0.2, 0.25) is 5.91 Å². The summed E-state index contributed by atoms with van der Waals surface area (Å²) in [5, 5.41) is 7.33. The highest BCUT2D eigenvalue weighted by molar-refractivity contribution is 5.95. The Kier molecular flexibility index (Phi) is 5.99. The van der Waals surface area contributed by atoms with Gasteiger partial charge in [0.1, 0.15) is 0 Å². The molecule has 1 saturated heterocycles. The summed E-state index contributed by atoms with van der Waals surface area (Å²) in [6.07, 6.45) is 4.68. The number of piperidine rings is 1. The molecule has 33 heavy (non-hydrogen) atoms. The monoisotopic (exact) mass is 442 g/mol. The van der Waals surface area contributed by atoms with E-state index in [0.29, 0.717) is 31.6 Å². The van der Waals surface area contributed by atoms with Gasteiger partial charge in [-0.15, -0.1) is 0 Å². The second-order valence-electron chi connectivity index (χ2n) is 9.26. The highest BCUT2D eigenvalue weighted by Gasteiger charge is 2.30. The quantitative estimate of drug-likeness (QED) is 0.667. The van der Waals surface area contributed by atoms with E-state index in [9.17, 15) is 9.59 Å². The van der Waals surface area contributed by atoms with Crippen molar-refractivity contribution in [2.24, 2.45) is 0 Å². The number of benzene rings is 2. The molecule has 2 amide bonds. The summed E-state index contributed by atoms with van der Waals surface area (Å²) in [4.78, 5) is 30.0. The summed E-state index contributed by atoms with van der Waals surface area (Å²) in [6.45, 7) is 4.83. The number of hydrogen-bond donors (Lipinski definition) is 1. The molecule has 6 heteroatoms. The third-order valence-corrected chi connectivity index (χ3v) is 7.01. The molecule has 1 fully saturated rings. The zero-order valence-corrected chi connectivity index (χ0v) is 19.1. The Morgan fingerprint density at radius 2 is 1.79 bits per heavy atom. The molecule has 1 N–H and O–H groups in total. The normalized spacial score (nSPS) is 16.5. The van der Waals surface area contributed by atoms with Crippen LogP contribution in [0.25, 0.3) is 0 Å². The van der Waals surface area contributed by atoms with Gasteiger partial charge in [0.25, 0.3) is 5.91 Å². The zero-order chi connectivity index (χ0) is 22.8. The summed E-state index contributed by atoms with van der Waals surface area (Å²) in [5.41, 5.74) is 6.39. The number of aromatic nitrogens is 2. The van der Waals surface area contributed by atoms with Gasteiger partial charge in [-0.05, 0) is 42.9 Å². The number of nitrogens with zero attached hydrogens (tertiary/aromatic N) is 3. The molecule has 170 valence electrons. The van der Waals surface area contributed by atoms with Crippen molar-refractivity contribution >= 4 is 11.8 Å². The Labute approximate surface area is 194 Å². The Balaban J connectivity index is 1.21. The first-order valence-electron chi connectivity index (χ1n) is 11.8. The summed E-state index contributed by atoms with van der Waals surface area (Å²) in [7, 11) is 0. The largest absolute Gasteiger partial charge is 0.342 e. The van der Waals surface area contributed by atoms with Crippen LogP contribution < -0.4 is 0 Å². The van der Waals surface area contributed by atoms with Gasteiger partial charge in [-0.1, -0.05) is 54.1 Å². The molecule has 2 aliphatic rings. The van der Waals surface area contributed by atoms with E-state index in [1.807, 2.05) is 41.0 Å². The Morgan fingerprint density at radius 3 is 2.58 bits per heavy atom. The maximum Gasteiger partial charge on any atom is 0.257 e. The SMILES string of the molecule is Cc1cccc(CC(=O)N2CCC(c3[nH]ncc3C(=O)N3CCc4ccccc4C3)CC2)c1. The molecule has 0 spiro atoms. The minimum absolute atomic E-state index is 0.0474. The first-order chi connectivity index (χ1) is 16.1. The van der Waals surface area contributed by atoms with Gasteiger partial charge in [0.15, 0.2) is 0 Å². The maximum absolute atomic E-state index is 13.3. The number of likely N-dealkylation sites (tertiary alicyclic amines) is 1. The van der Waals surface area contributed by atoms with E-state index in [0.717, 1.165) is 37.1 Å². The topological polar surface area (TPSA) is 69.3 Å². The van der Waals surface area contributed by atoms with E-state index >= 15 is 0 Å². The Hall–Kier alpha value is -3.41. The van der Waals surface area contributed by atoms with Crippen molar-refractivity contribution in [2.45, 2.75) is 45.1 Å². The minimum atomic E-state index is 0.0474. The lowest BCUT2D eigenvalue weighted by atomic mass is 9.90. The molecule has 2 aliphatic heterocycles. The molecule has 3 heterocycles. The van der Waals surface area contributed by atoms with E-state index in [1.165, 1.54) is 16.7 Å². The van der Waals surface area contributed by atoms with Crippen molar-refractivity contribution in [2.75, 3.05) is 19.6 Å². The third-order valence-electron chi connectivity index (χ3n) is 7.01. The number of fused-ring (bicyclic) bond motifs is 1. The molecule has 1 aromatic heterocycles. The average molecular weight is 443 g/mol. The van der Waals surface area contributed by atoms with Gasteiger partial charge in [-0.25, -0.2) is 0 Å². The van der Waals surface area contributed by atoms with E-state index < -0.39 is 0 Å². The number of aromatic amines is 1. The van der Waals surface area contributed by atoms with Crippen molar-refractivity contribution in [3.05, 3.63) is 88.2 Å².